The first-order valence-corrected chi connectivity index (χ1v) is 6.87. The number of nitrogens with two attached hydrogens (primary N) is 1. The van der Waals surface area contributed by atoms with Gasteiger partial charge in [0.15, 0.2) is 0 Å². The predicted molar refractivity (Wildman–Crippen MR) is 69.1 cm³/mol. The van der Waals surface area contributed by atoms with Crippen LogP contribution in [0.5, 0.6) is 0 Å². The number of hydrogen-bond acceptors (Lipinski definition) is 3. The highest BCUT2D eigenvalue weighted by atomic mass is 79.9. The normalized spacial score (nSPS) is 11.4. The monoisotopic (exact) mass is 324 g/mol. The Hall–Kier alpha value is -0.560. The Bertz CT molecular complexity index is 496. The predicted octanol–water partition coefficient (Wildman–Crippen LogP) is 2.11. The Balaban J connectivity index is 3.12. The van der Waals surface area contributed by atoms with Crippen LogP contribution in [0.3, 0.4) is 0 Å². The summed E-state index contributed by atoms with van der Waals surface area (Å²) in [5, 5.41) is 0.0904. The number of nitrogens with one attached hydrogen (secondary N) is 1. The van der Waals surface area contributed by atoms with Crippen LogP contribution in [-0.4, -0.2) is 15.0 Å². The van der Waals surface area contributed by atoms with E-state index in [1.807, 2.05) is 0 Å². The molecule has 0 bridgehead atoms. The van der Waals surface area contributed by atoms with Crippen molar-refractivity contribution in [2.45, 2.75) is 4.90 Å². The third kappa shape index (κ3) is 3.21. The first-order chi connectivity index (χ1) is 7.34. The van der Waals surface area contributed by atoms with Gasteiger partial charge in [-0.15, -0.1) is 0 Å². The molecule has 0 radical (unpaired) electrons. The SMILES string of the molecule is C=C(Br)CNS(=O)(=O)c1c(N)cccc1Cl. The zero-order valence-electron chi connectivity index (χ0n) is 8.20. The van der Waals surface area contributed by atoms with Crippen LogP contribution in [0.15, 0.2) is 34.2 Å². The number of anilines is 1. The summed E-state index contributed by atoms with van der Waals surface area (Å²) in [5.74, 6) is 0. The fourth-order valence-corrected chi connectivity index (χ4v) is 3.08. The van der Waals surface area contributed by atoms with Gasteiger partial charge in [-0.05, 0) is 12.1 Å². The molecule has 0 aliphatic rings. The van der Waals surface area contributed by atoms with E-state index in [1.54, 1.807) is 6.07 Å². The van der Waals surface area contributed by atoms with Crippen LogP contribution in [0, 0.1) is 0 Å². The summed E-state index contributed by atoms with van der Waals surface area (Å²) in [5.41, 5.74) is 5.69. The van der Waals surface area contributed by atoms with Gasteiger partial charge in [0.05, 0.1) is 10.7 Å². The molecule has 3 N–H and O–H groups in total. The third-order valence-electron chi connectivity index (χ3n) is 1.72. The highest BCUT2D eigenvalue weighted by molar-refractivity contribution is 9.11. The first-order valence-electron chi connectivity index (χ1n) is 4.21. The van der Waals surface area contributed by atoms with Gasteiger partial charge in [0, 0.05) is 11.0 Å². The lowest BCUT2D eigenvalue weighted by atomic mass is 10.3. The minimum absolute atomic E-state index is 0.0764. The number of benzene rings is 1. The molecule has 0 amide bonds. The van der Waals surface area contributed by atoms with Crippen molar-refractivity contribution < 1.29 is 8.42 Å². The van der Waals surface area contributed by atoms with Crippen LogP contribution in [-0.2, 0) is 10.0 Å². The van der Waals surface area contributed by atoms with Crippen LogP contribution in [0.4, 0.5) is 5.69 Å². The smallest absolute Gasteiger partial charge is 0.244 e. The van der Waals surface area contributed by atoms with Gasteiger partial charge in [0.1, 0.15) is 4.90 Å². The highest BCUT2D eigenvalue weighted by Crippen LogP contribution is 2.26. The molecule has 7 heteroatoms. The molecule has 4 nitrogen and oxygen atoms in total. The zero-order valence-corrected chi connectivity index (χ0v) is 11.4. The van der Waals surface area contributed by atoms with E-state index in [9.17, 15) is 8.42 Å². The van der Waals surface area contributed by atoms with E-state index in [0.29, 0.717) is 4.48 Å². The average molecular weight is 326 g/mol. The molecule has 0 fully saturated rings. The number of hydrogen-bond donors (Lipinski definition) is 2. The fourth-order valence-electron chi connectivity index (χ4n) is 1.05. The molecule has 1 rings (SSSR count). The lowest BCUT2D eigenvalue weighted by Gasteiger charge is -2.09. The second-order valence-corrected chi connectivity index (χ2v) is 6.23. The minimum atomic E-state index is -3.71. The molecule has 0 aromatic heterocycles. The summed E-state index contributed by atoms with van der Waals surface area (Å²) < 4.78 is 26.5. The zero-order chi connectivity index (χ0) is 12.3. The van der Waals surface area contributed by atoms with E-state index < -0.39 is 10.0 Å². The second kappa shape index (κ2) is 5.18. The van der Waals surface area contributed by atoms with Crippen LogP contribution in [0.1, 0.15) is 0 Å². The molecule has 0 aliphatic carbocycles. The van der Waals surface area contributed by atoms with E-state index in [1.165, 1.54) is 12.1 Å². The van der Waals surface area contributed by atoms with E-state index in [0.717, 1.165) is 0 Å². The Labute approximate surface area is 108 Å². The molecule has 1 aromatic rings. The molecule has 1 aromatic carbocycles. The molecule has 16 heavy (non-hydrogen) atoms. The van der Waals surface area contributed by atoms with Crippen molar-refractivity contribution in [3.8, 4) is 0 Å². The van der Waals surface area contributed by atoms with Crippen LogP contribution in [0.25, 0.3) is 0 Å². The van der Waals surface area contributed by atoms with Gasteiger partial charge in [-0.2, -0.15) is 0 Å². The van der Waals surface area contributed by atoms with Crippen molar-refractivity contribution in [1.82, 2.24) is 4.72 Å². The maximum Gasteiger partial charge on any atom is 0.244 e. The quantitative estimate of drug-likeness (QED) is 0.833. The number of halogens is 2. The first kappa shape index (κ1) is 13.5. The summed E-state index contributed by atoms with van der Waals surface area (Å²) in [6.07, 6.45) is 0. The lowest BCUT2D eigenvalue weighted by Crippen LogP contribution is -2.25. The van der Waals surface area contributed by atoms with E-state index in [-0.39, 0.29) is 22.2 Å². The minimum Gasteiger partial charge on any atom is -0.398 e. The van der Waals surface area contributed by atoms with Gasteiger partial charge in [-0.1, -0.05) is 40.2 Å². The van der Waals surface area contributed by atoms with Crippen molar-refractivity contribution in [3.63, 3.8) is 0 Å². The molecular formula is C9H10BrClN2O2S. The fraction of sp³-hybridized carbons (Fsp3) is 0.111. The summed E-state index contributed by atoms with van der Waals surface area (Å²) in [4.78, 5) is -0.106. The van der Waals surface area contributed by atoms with Crippen molar-refractivity contribution in [2.24, 2.45) is 0 Å². The van der Waals surface area contributed by atoms with Crippen molar-refractivity contribution in [1.29, 1.82) is 0 Å². The van der Waals surface area contributed by atoms with Crippen molar-refractivity contribution in [3.05, 3.63) is 34.3 Å². The van der Waals surface area contributed by atoms with Gasteiger partial charge >= 0.3 is 0 Å². The molecular weight excluding hydrogens is 316 g/mol. The molecule has 0 heterocycles. The Morgan fingerprint density at radius 3 is 2.69 bits per heavy atom. The van der Waals surface area contributed by atoms with E-state index in [4.69, 9.17) is 17.3 Å². The van der Waals surface area contributed by atoms with Gasteiger partial charge in [0.2, 0.25) is 10.0 Å². The maximum atomic E-state index is 11.8. The standard InChI is InChI=1S/C9H10BrClN2O2S/c1-6(10)5-13-16(14,15)9-7(11)3-2-4-8(9)12/h2-4,13H,1,5,12H2. The van der Waals surface area contributed by atoms with Crippen LogP contribution >= 0.6 is 27.5 Å². The summed E-state index contributed by atoms with van der Waals surface area (Å²) in [7, 11) is -3.71. The summed E-state index contributed by atoms with van der Waals surface area (Å²) in [6, 6.07) is 4.53. The molecule has 0 spiro atoms. The number of nitrogen functional groups attached to an aromatic ring is 1. The van der Waals surface area contributed by atoms with Gasteiger partial charge in [-0.3, -0.25) is 0 Å². The molecule has 0 saturated carbocycles. The molecule has 0 unspecified atom stereocenters. The molecule has 0 atom stereocenters. The van der Waals surface area contributed by atoms with Gasteiger partial charge in [0.25, 0.3) is 0 Å². The second-order valence-electron chi connectivity index (χ2n) is 3.00. The van der Waals surface area contributed by atoms with Crippen LogP contribution < -0.4 is 10.5 Å². The maximum absolute atomic E-state index is 11.8. The average Bonchev–Trinajstić information content (AvgIpc) is 2.14. The van der Waals surface area contributed by atoms with Crippen LogP contribution in [0.2, 0.25) is 5.02 Å². The summed E-state index contributed by atoms with van der Waals surface area (Å²) in [6.45, 7) is 3.60. The molecule has 0 saturated heterocycles. The summed E-state index contributed by atoms with van der Waals surface area (Å²) >= 11 is 8.85. The van der Waals surface area contributed by atoms with Gasteiger partial charge < -0.3 is 5.73 Å². The van der Waals surface area contributed by atoms with Crippen molar-refractivity contribution >= 4 is 43.2 Å². The molecule has 0 aliphatic heterocycles. The largest absolute Gasteiger partial charge is 0.398 e. The van der Waals surface area contributed by atoms with Gasteiger partial charge in [-0.25, -0.2) is 13.1 Å². The molecule has 88 valence electrons. The third-order valence-corrected chi connectivity index (χ3v) is 3.95. The lowest BCUT2D eigenvalue weighted by molar-refractivity contribution is 0.586. The number of rotatable bonds is 4. The number of sulfonamides is 1. The van der Waals surface area contributed by atoms with E-state index >= 15 is 0 Å². The Morgan fingerprint density at radius 1 is 1.56 bits per heavy atom. The van der Waals surface area contributed by atoms with Crippen molar-refractivity contribution in [2.75, 3.05) is 12.3 Å². The highest BCUT2D eigenvalue weighted by Gasteiger charge is 2.20. The Morgan fingerprint density at radius 2 is 2.19 bits per heavy atom. The van der Waals surface area contributed by atoms with E-state index in [2.05, 4.69) is 27.2 Å². The topological polar surface area (TPSA) is 72.2 Å². The Kier molecular flexibility index (Phi) is 4.37.